The fourth-order valence-electron chi connectivity index (χ4n) is 2.89. The fraction of sp³-hybridized carbons (Fsp3) is 0.188. The number of benzene rings is 1. The molecule has 3 aromatic heterocycles. The summed E-state index contributed by atoms with van der Waals surface area (Å²) in [4.78, 5) is 10.7. The highest BCUT2D eigenvalue weighted by atomic mass is 79.9. The first-order valence-corrected chi connectivity index (χ1v) is 11.1. The average Bonchev–Trinajstić information content (AvgIpc) is 3.29. The third-order valence-electron chi connectivity index (χ3n) is 4.12. The molecule has 0 unspecified atom stereocenters. The summed E-state index contributed by atoms with van der Waals surface area (Å²) in [6.45, 7) is 0. The lowest BCUT2D eigenvalue weighted by atomic mass is 10.2. The zero-order valence-electron chi connectivity index (χ0n) is 14.6. The summed E-state index contributed by atoms with van der Waals surface area (Å²) >= 11 is 4.72. The number of alkyl halides is 2. The predicted octanol–water partition coefficient (Wildman–Crippen LogP) is 3.95. The molecule has 152 valence electrons. The van der Waals surface area contributed by atoms with Crippen LogP contribution in [0.1, 0.15) is 5.56 Å². The molecule has 0 amide bonds. The third-order valence-corrected chi connectivity index (χ3v) is 7.21. The molecule has 0 atom stereocenters. The number of hydrogen-bond acceptors (Lipinski definition) is 7. The normalized spacial score (nSPS) is 12.2. The SMILES string of the molecule is COc1nc(NS(=O)(=O)c2c[nH]c3c2cc(Br)c2sncc23)ncc1CC(F)F. The maximum atomic E-state index is 12.9. The van der Waals surface area contributed by atoms with Crippen molar-refractivity contribution in [3.63, 3.8) is 0 Å². The van der Waals surface area contributed by atoms with Crippen molar-refractivity contribution in [1.29, 1.82) is 0 Å². The van der Waals surface area contributed by atoms with Crippen molar-refractivity contribution in [3.8, 4) is 5.88 Å². The minimum absolute atomic E-state index is 0.0134. The van der Waals surface area contributed by atoms with E-state index >= 15 is 0 Å². The van der Waals surface area contributed by atoms with Crippen LogP contribution in [-0.2, 0) is 16.4 Å². The highest BCUT2D eigenvalue weighted by molar-refractivity contribution is 9.10. The number of aromatic amines is 1. The first-order chi connectivity index (χ1) is 13.8. The Kier molecular flexibility index (Phi) is 5.12. The van der Waals surface area contributed by atoms with Crippen molar-refractivity contribution in [2.24, 2.45) is 0 Å². The van der Waals surface area contributed by atoms with E-state index in [9.17, 15) is 17.2 Å². The molecule has 8 nitrogen and oxygen atoms in total. The summed E-state index contributed by atoms with van der Waals surface area (Å²) in [5.74, 6) is -0.405. The molecule has 29 heavy (non-hydrogen) atoms. The van der Waals surface area contributed by atoms with Crippen LogP contribution < -0.4 is 9.46 Å². The van der Waals surface area contributed by atoms with Crippen LogP contribution in [0.5, 0.6) is 5.88 Å². The van der Waals surface area contributed by atoms with Gasteiger partial charge in [0, 0.05) is 39.6 Å². The van der Waals surface area contributed by atoms with E-state index in [0.29, 0.717) is 15.4 Å². The number of H-pyrrole nitrogens is 1. The van der Waals surface area contributed by atoms with Gasteiger partial charge in [-0.15, -0.1) is 0 Å². The molecule has 13 heteroatoms. The molecule has 3 heterocycles. The molecule has 0 aliphatic carbocycles. The Morgan fingerprint density at radius 3 is 2.86 bits per heavy atom. The lowest BCUT2D eigenvalue weighted by Gasteiger charge is -2.10. The van der Waals surface area contributed by atoms with Gasteiger partial charge in [-0.1, -0.05) is 0 Å². The molecule has 0 bridgehead atoms. The Hall–Kier alpha value is -2.38. The number of anilines is 1. The van der Waals surface area contributed by atoms with Crippen LogP contribution in [-0.4, -0.2) is 41.3 Å². The lowest BCUT2D eigenvalue weighted by Crippen LogP contribution is -2.15. The van der Waals surface area contributed by atoms with Crippen molar-refractivity contribution in [1.82, 2.24) is 19.3 Å². The molecule has 0 saturated carbocycles. The third kappa shape index (κ3) is 3.65. The molecule has 1 aromatic carbocycles. The van der Waals surface area contributed by atoms with Crippen molar-refractivity contribution in [2.75, 3.05) is 11.8 Å². The molecule has 4 aromatic rings. The summed E-state index contributed by atoms with van der Waals surface area (Å²) in [7, 11) is -2.82. The maximum absolute atomic E-state index is 12.9. The second kappa shape index (κ2) is 7.46. The number of hydrogen-bond donors (Lipinski definition) is 2. The minimum Gasteiger partial charge on any atom is -0.481 e. The van der Waals surface area contributed by atoms with Gasteiger partial charge in [0.05, 0.1) is 23.5 Å². The van der Waals surface area contributed by atoms with Crippen molar-refractivity contribution < 1.29 is 21.9 Å². The van der Waals surface area contributed by atoms with Crippen LogP contribution >= 0.6 is 27.5 Å². The fourth-order valence-corrected chi connectivity index (χ4v) is 5.32. The zero-order chi connectivity index (χ0) is 20.8. The van der Waals surface area contributed by atoms with Crippen molar-refractivity contribution in [2.45, 2.75) is 17.7 Å². The monoisotopic (exact) mass is 503 g/mol. The quantitative estimate of drug-likeness (QED) is 0.412. The second-order valence-corrected chi connectivity index (χ2v) is 9.24. The van der Waals surface area contributed by atoms with E-state index in [1.807, 2.05) is 0 Å². The smallest absolute Gasteiger partial charge is 0.266 e. The van der Waals surface area contributed by atoms with Crippen LogP contribution in [0, 0.1) is 0 Å². The van der Waals surface area contributed by atoms with Gasteiger partial charge < -0.3 is 9.72 Å². The first-order valence-electron chi connectivity index (χ1n) is 8.05. The van der Waals surface area contributed by atoms with E-state index < -0.39 is 22.9 Å². The molecule has 0 aliphatic rings. The number of rotatable bonds is 6. The van der Waals surface area contributed by atoms with Crippen LogP contribution in [0.15, 0.2) is 34.0 Å². The Morgan fingerprint density at radius 2 is 2.14 bits per heavy atom. The van der Waals surface area contributed by atoms with E-state index in [0.717, 1.165) is 16.3 Å². The number of nitrogens with one attached hydrogen (secondary N) is 2. The Balaban J connectivity index is 1.74. The van der Waals surface area contributed by atoms with E-state index in [2.05, 4.69) is 40.0 Å². The molecular formula is C16H12BrF2N5O3S2. The minimum atomic E-state index is -4.07. The number of ether oxygens (including phenoxy) is 1. The first kappa shape index (κ1) is 19.9. The Morgan fingerprint density at radius 1 is 1.34 bits per heavy atom. The van der Waals surface area contributed by atoms with Gasteiger partial charge in [-0.3, -0.25) is 0 Å². The van der Waals surface area contributed by atoms with E-state index in [1.165, 1.54) is 24.8 Å². The van der Waals surface area contributed by atoms with E-state index in [4.69, 9.17) is 4.74 Å². The van der Waals surface area contributed by atoms with E-state index in [-0.39, 0.29) is 22.3 Å². The van der Waals surface area contributed by atoms with Gasteiger partial charge >= 0.3 is 0 Å². The van der Waals surface area contributed by atoms with Crippen LogP contribution in [0.3, 0.4) is 0 Å². The van der Waals surface area contributed by atoms with Gasteiger partial charge in [0.1, 0.15) is 4.90 Å². The number of sulfonamides is 1. The Bertz CT molecular complexity index is 1320. The standard InChI is InChI=1S/C16H12BrF2N5O3S2/c1-27-15-7(2-12(18)19)4-21-16(23-15)24-29(25,26)11-6-20-13-8(11)3-10(17)14-9(13)5-22-28-14/h3-6,12,20H,2H2,1H3,(H,21,23,24). The molecule has 0 spiro atoms. The Labute approximate surface area is 175 Å². The predicted molar refractivity (Wildman–Crippen MR) is 108 cm³/mol. The van der Waals surface area contributed by atoms with Gasteiger partial charge in [0.25, 0.3) is 10.0 Å². The summed E-state index contributed by atoms with van der Waals surface area (Å²) in [6.07, 6.45) is 0.921. The molecule has 4 rings (SSSR count). The van der Waals surface area contributed by atoms with Gasteiger partial charge in [-0.05, 0) is 33.5 Å². The highest BCUT2D eigenvalue weighted by Gasteiger charge is 2.23. The second-order valence-electron chi connectivity index (χ2n) is 5.93. The van der Waals surface area contributed by atoms with Gasteiger partial charge in [-0.25, -0.2) is 26.9 Å². The summed E-state index contributed by atoms with van der Waals surface area (Å²) in [5, 5.41) is 1.24. The highest BCUT2D eigenvalue weighted by Crippen LogP contribution is 2.36. The van der Waals surface area contributed by atoms with Crippen molar-refractivity contribution >= 4 is 64.4 Å². The molecule has 0 saturated heterocycles. The van der Waals surface area contributed by atoms with Crippen molar-refractivity contribution in [3.05, 3.63) is 34.7 Å². The number of aromatic nitrogens is 4. The molecule has 0 aliphatic heterocycles. The number of nitrogens with zero attached hydrogens (tertiary/aromatic N) is 3. The average molecular weight is 504 g/mol. The molecule has 0 radical (unpaired) electrons. The van der Waals surface area contributed by atoms with Gasteiger partial charge in [-0.2, -0.15) is 9.36 Å². The van der Waals surface area contributed by atoms with Crippen LogP contribution in [0.25, 0.3) is 21.0 Å². The number of fused-ring (bicyclic) bond motifs is 3. The molecule has 0 fully saturated rings. The van der Waals surface area contributed by atoms with E-state index in [1.54, 1.807) is 12.3 Å². The zero-order valence-corrected chi connectivity index (χ0v) is 17.8. The maximum Gasteiger partial charge on any atom is 0.266 e. The topological polar surface area (TPSA) is 110 Å². The summed E-state index contributed by atoms with van der Waals surface area (Å²) in [5.41, 5.74) is 0.705. The lowest BCUT2D eigenvalue weighted by molar-refractivity contribution is 0.147. The van der Waals surface area contributed by atoms with Crippen LogP contribution in [0.4, 0.5) is 14.7 Å². The van der Waals surface area contributed by atoms with Gasteiger partial charge in [0.15, 0.2) is 0 Å². The summed E-state index contributed by atoms with van der Waals surface area (Å²) in [6, 6.07) is 1.69. The number of halogens is 3. The number of methoxy groups -OCH3 is 1. The van der Waals surface area contributed by atoms with Crippen LogP contribution in [0.2, 0.25) is 0 Å². The van der Waals surface area contributed by atoms with Gasteiger partial charge in [0.2, 0.25) is 18.3 Å². The largest absolute Gasteiger partial charge is 0.481 e. The summed E-state index contributed by atoms with van der Waals surface area (Å²) < 4.78 is 64.1. The molecular weight excluding hydrogens is 492 g/mol. The molecule has 2 N–H and O–H groups in total.